The molecule has 1 N–H and O–H groups in total. The Balaban J connectivity index is 1.78. The first-order chi connectivity index (χ1) is 9.24. The summed E-state index contributed by atoms with van der Waals surface area (Å²) in [6.07, 6.45) is 3.48. The Kier molecular flexibility index (Phi) is 3.22. The van der Waals surface area contributed by atoms with Crippen molar-refractivity contribution < 1.29 is 4.79 Å². The zero-order valence-electron chi connectivity index (χ0n) is 10.3. The minimum absolute atomic E-state index is 0.0736. The van der Waals surface area contributed by atoms with Gasteiger partial charge in [0.05, 0.1) is 6.04 Å². The van der Waals surface area contributed by atoms with Crippen LogP contribution in [0, 0.1) is 0 Å². The van der Waals surface area contributed by atoms with Gasteiger partial charge in [-0.3, -0.25) is 9.78 Å². The fourth-order valence-electron chi connectivity index (χ4n) is 2.47. The lowest BCUT2D eigenvalue weighted by atomic mass is 10.1. The highest BCUT2D eigenvalue weighted by atomic mass is 35.5. The molecule has 4 heteroatoms. The minimum atomic E-state index is -0.177. The van der Waals surface area contributed by atoms with E-state index in [-0.39, 0.29) is 11.9 Å². The van der Waals surface area contributed by atoms with Crippen molar-refractivity contribution in [2.75, 3.05) is 0 Å². The number of aryl methyl sites for hydroxylation is 1. The van der Waals surface area contributed by atoms with Gasteiger partial charge in [-0.1, -0.05) is 35.9 Å². The van der Waals surface area contributed by atoms with Gasteiger partial charge in [-0.25, -0.2) is 0 Å². The van der Waals surface area contributed by atoms with Crippen LogP contribution in [0.1, 0.15) is 34.1 Å². The second-order valence-electron chi connectivity index (χ2n) is 4.62. The van der Waals surface area contributed by atoms with Gasteiger partial charge in [0.1, 0.15) is 5.69 Å². The maximum absolute atomic E-state index is 12.1. The molecule has 0 spiro atoms. The van der Waals surface area contributed by atoms with Crippen molar-refractivity contribution in [1.29, 1.82) is 0 Å². The molecule has 3 rings (SSSR count). The number of nitrogens with one attached hydrogen (secondary N) is 1. The van der Waals surface area contributed by atoms with Crippen molar-refractivity contribution >= 4 is 17.5 Å². The van der Waals surface area contributed by atoms with Gasteiger partial charge in [0.15, 0.2) is 0 Å². The molecule has 0 bridgehead atoms. The number of hydrogen-bond donors (Lipinski definition) is 1. The molecule has 1 aromatic heterocycles. The van der Waals surface area contributed by atoms with Gasteiger partial charge in [-0.05, 0) is 36.1 Å². The van der Waals surface area contributed by atoms with Crippen LogP contribution >= 0.6 is 11.6 Å². The van der Waals surface area contributed by atoms with Crippen LogP contribution in [0.2, 0.25) is 5.02 Å². The van der Waals surface area contributed by atoms with E-state index in [1.54, 1.807) is 18.3 Å². The van der Waals surface area contributed by atoms with Crippen LogP contribution in [-0.4, -0.2) is 10.9 Å². The van der Waals surface area contributed by atoms with Gasteiger partial charge in [0.2, 0.25) is 0 Å². The van der Waals surface area contributed by atoms with Crippen LogP contribution < -0.4 is 5.32 Å². The third-order valence-corrected chi connectivity index (χ3v) is 3.63. The summed E-state index contributed by atoms with van der Waals surface area (Å²) in [7, 11) is 0. The highest BCUT2D eigenvalue weighted by Gasteiger charge is 2.24. The largest absolute Gasteiger partial charge is 0.344 e. The molecule has 1 heterocycles. The molecule has 0 saturated heterocycles. The highest BCUT2D eigenvalue weighted by Crippen LogP contribution is 2.30. The van der Waals surface area contributed by atoms with Crippen molar-refractivity contribution in [2.45, 2.75) is 18.9 Å². The van der Waals surface area contributed by atoms with Crippen LogP contribution in [0.15, 0.2) is 42.6 Å². The minimum Gasteiger partial charge on any atom is -0.344 e. The second kappa shape index (κ2) is 5.02. The molecule has 3 nitrogen and oxygen atoms in total. The van der Waals surface area contributed by atoms with E-state index in [9.17, 15) is 4.79 Å². The third-order valence-electron chi connectivity index (χ3n) is 3.39. The summed E-state index contributed by atoms with van der Waals surface area (Å²) in [5, 5.41) is 3.54. The average molecular weight is 273 g/mol. The number of carbonyl (C=O) groups excluding carboxylic acids is 1. The monoisotopic (exact) mass is 272 g/mol. The van der Waals surface area contributed by atoms with E-state index in [2.05, 4.69) is 22.4 Å². The lowest BCUT2D eigenvalue weighted by Crippen LogP contribution is -2.27. The average Bonchev–Trinajstić information content (AvgIpc) is 2.82. The Bertz CT molecular complexity index is 627. The number of halogens is 1. The number of amides is 1. The molecule has 1 aliphatic carbocycles. The number of rotatable bonds is 2. The van der Waals surface area contributed by atoms with E-state index in [4.69, 9.17) is 11.6 Å². The van der Waals surface area contributed by atoms with E-state index >= 15 is 0 Å². The zero-order chi connectivity index (χ0) is 13.2. The van der Waals surface area contributed by atoms with Gasteiger partial charge >= 0.3 is 0 Å². The summed E-state index contributed by atoms with van der Waals surface area (Å²) in [6, 6.07) is 11.5. The van der Waals surface area contributed by atoms with Crippen LogP contribution in [-0.2, 0) is 6.42 Å². The van der Waals surface area contributed by atoms with E-state index < -0.39 is 0 Å². The number of fused-ring (bicyclic) bond motifs is 1. The molecule has 0 aliphatic heterocycles. The van der Waals surface area contributed by atoms with Crippen molar-refractivity contribution in [3.8, 4) is 0 Å². The van der Waals surface area contributed by atoms with Crippen LogP contribution in [0.4, 0.5) is 0 Å². The van der Waals surface area contributed by atoms with Gasteiger partial charge in [0.25, 0.3) is 5.91 Å². The molecule has 96 valence electrons. The molecule has 0 unspecified atom stereocenters. The smallest absolute Gasteiger partial charge is 0.270 e. The van der Waals surface area contributed by atoms with Gasteiger partial charge in [-0.2, -0.15) is 0 Å². The van der Waals surface area contributed by atoms with Gasteiger partial charge in [0, 0.05) is 11.2 Å². The molecular weight excluding hydrogens is 260 g/mol. The maximum Gasteiger partial charge on any atom is 0.270 e. The lowest BCUT2D eigenvalue weighted by Gasteiger charge is -2.13. The predicted octanol–water partition coefficient (Wildman–Crippen LogP) is 3.15. The molecule has 1 aromatic carbocycles. The molecular formula is C15H13ClN2O. The Morgan fingerprint density at radius 3 is 3.00 bits per heavy atom. The number of aromatic nitrogens is 1. The molecule has 0 radical (unpaired) electrons. The second-order valence-corrected chi connectivity index (χ2v) is 5.06. The molecule has 19 heavy (non-hydrogen) atoms. The van der Waals surface area contributed by atoms with E-state index in [1.165, 1.54) is 11.1 Å². The van der Waals surface area contributed by atoms with Crippen molar-refractivity contribution in [2.24, 2.45) is 0 Å². The number of nitrogens with zero attached hydrogens (tertiary/aromatic N) is 1. The molecule has 1 amide bonds. The third kappa shape index (κ3) is 2.47. The Morgan fingerprint density at radius 2 is 2.16 bits per heavy atom. The summed E-state index contributed by atoms with van der Waals surface area (Å²) < 4.78 is 0. The Labute approximate surface area is 116 Å². The maximum atomic E-state index is 12.1. The number of benzene rings is 1. The summed E-state index contributed by atoms with van der Waals surface area (Å²) in [5.74, 6) is -0.177. The topological polar surface area (TPSA) is 42.0 Å². The number of pyridine rings is 1. The van der Waals surface area contributed by atoms with Crippen LogP contribution in [0.25, 0.3) is 0 Å². The van der Waals surface area contributed by atoms with E-state index in [1.807, 2.05) is 12.1 Å². The Hall–Kier alpha value is -1.87. The van der Waals surface area contributed by atoms with Crippen LogP contribution in [0.5, 0.6) is 0 Å². The fourth-order valence-corrected chi connectivity index (χ4v) is 2.63. The number of hydrogen-bond acceptors (Lipinski definition) is 2. The van der Waals surface area contributed by atoms with E-state index in [0.29, 0.717) is 10.7 Å². The standard InChI is InChI=1S/C15H13ClN2O/c16-11-7-8-17-14(9-11)15(19)18-13-6-5-10-3-1-2-4-12(10)13/h1-4,7-9,13H,5-6H2,(H,18,19)/t13-/m0/s1. The summed E-state index contributed by atoms with van der Waals surface area (Å²) in [4.78, 5) is 16.2. The zero-order valence-corrected chi connectivity index (χ0v) is 11.0. The van der Waals surface area contributed by atoms with Crippen LogP contribution in [0.3, 0.4) is 0 Å². The molecule has 0 fully saturated rings. The fraction of sp³-hybridized carbons (Fsp3) is 0.200. The molecule has 2 aromatic rings. The predicted molar refractivity (Wildman–Crippen MR) is 74.2 cm³/mol. The molecule has 0 saturated carbocycles. The summed E-state index contributed by atoms with van der Waals surface area (Å²) in [6.45, 7) is 0. The quantitative estimate of drug-likeness (QED) is 0.912. The van der Waals surface area contributed by atoms with Gasteiger partial charge in [-0.15, -0.1) is 0 Å². The first kappa shape index (κ1) is 12.2. The summed E-state index contributed by atoms with van der Waals surface area (Å²) >= 11 is 5.87. The molecule has 1 atom stereocenters. The van der Waals surface area contributed by atoms with E-state index in [0.717, 1.165) is 12.8 Å². The highest BCUT2D eigenvalue weighted by molar-refractivity contribution is 6.30. The first-order valence-corrected chi connectivity index (χ1v) is 6.62. The summed E-state index contributed by atoms with van der Waals surface area (Å²) in [5.41, 5.74) is 2.88. The first-order valence-electron chi connectivity index (χ1n) is 6.24. The van der Waals surface area contributed by atoms with Crippen molar-refractivity contribution in [1.82, 2.24) is 10.3 Å². The van der Waals surface area contributed by atoms with Crippen molar-refractivity contribution in [3.63, 3.8) is 0 Å². The molecule has 1 aliphatic rings. The SMILES string of the molecule is O=C(N[C@H]1CCc2ccccc21)c1cc(Cl)ccn1. The van der Waals surface area contributed by atoms with Gasteiger partial charge < -0.3 is 5.32 Å². The van der Waals surface area contributed by atoms with Crippen molar-refractivity contribution in [3.05, 3.63) is 64.4 Å². The number of carbonyl (C=O) groups is 1. The Morgan fingerprint density at radius 1 is 1.32 bits per heavy atom. The normalized spacial score (nSPS) is 17.0. The lowest BCUT2D eigenvalue weighted by molar-refractivity contribution is 0.0931.